The number of aromatic nitrogens is 4. The maximum absolute atomic E-state index is 13.4. The molecule has 4 aromatic rings. The quantitative estimate of drug-likeness (QED) is 0.544. The van der Waals surface area contributed by atoms with Crippen LogP contribution in [0.15, 0.2) is 51.8 Å². The zero-order valence-corrected chi connectivity index (χ0v) is 16.7. The molecule has 2 aromatic carbocycles. The van der Waals surface area contributed by atoms with Crippen LogP contribution >= 0.6 is 0 Å². The molecule has 1 N–H and O–H groups in total. The number of carbonyl (C=O) groups is 1. The molecule has 0 aliphatic heterocycles. The molecule has 0 bridgehead atoms. The number of rotatable bonds is 5. The Morgan fingerprint density at radius 2 is 2.00 bits per heavy atom. The molecule has 0 aliphatic carbocycles. The number of nitrogens with one attached hydrogen (secondary N) is 1. The van der Waals surface area contributed by atoms with Gasteiger partial charge in [-0.05, 0) is 50.2 Å². The molecule has 0 atom stereocenters. The van der Waals surface area contributed by atoms with Crippen molar-refractivity contribution in [3.05, 3.63) is 64.7 Å². The van der Waals surface area contributed by atoms with Crippen molar-refractivity contribution in [2.45, 2.75) is 33.4 Å². The van der Waals surface area contributed by atoms with E-state index in [-0.39, 0.29) is 18.3 Å². The first-order valence-corrected chi connectivity index (χ1v) is 9.44. The number of benzene rings is 2. The number of imidazole rings is 1. The third-order valence-corrected chi connectivity index (χ3v) is 4.67. The predicted octanol–water partition coefficient (Wildman–Crippen LogP) is 3.52. The minimum atomic E-state index is -0.457. The molecule has 2 heterocycles. The summed E-state index contributed by atoms with van der Waals surface area (Å²) >= 11 is 0. The number of fused-ring (bicyclic) bond motifs is 1. The molecule has 0 spiro atoms. The van der Waals surface area contributed by atoms with Crippen molar-refractivity contribution in [3.63, 3.8) is 0 Å². The number of nitrogens with zero attached hydrogens (tertiary/aromatic N) is 4. The maximum atomic E-state index is 13.4. The Bertz CT molecular complexity index is 1300. The van der Waals surface area contributed by atoms with Gasteiger partial charge in [-0.1, -0.05) is 11.2 Å². The largest absolute Gasteiger partial charge is 0.339 e. The summed E-state index contributed by atoms with van der Waals surface area (Å²) in [5, 5.41) is 6.54. The molecule has 9 heteroatoms. The average molecular weight is 409 g/mol. The lowest BCUT2D eigenvalue weighted by Gasteiger charge is -2.07. The van der Waals surface area contributed by atoms with E-state index in [1.54, 1.807) is 29.7 Å². The number of amides is 1. The third kappa shape index (κ3) is 3.61. The number of carbonyl (C=O) groups excluding carboxylic acids is 1. The number of hydrogen-bond donors (Lipinski definition) is 1. The summed E-state index contributed by atoms with van der Waals surface area (Å²) in [5.74, 6) is -0.0700. The predicted molar refractivity (Wildman–Crippen MR) is 110 cm³/mol. The Hall–Kier alpha value is -3.75. The van der Waals surface area contributed by atoms with E-state index in [2.05, 4.69) is 15.5 Å². The van der Waals surface area contributed by atoms with Crippen LogP contribution in [0, 0.1) is 12.7 Å². The highest BCUT2D eigenvalue weighted by molar-refractivity contribution is 5.92. The van der Waals surface area contributed by atoms with Crippen LogP contribution in [0.4, 0.5) is 10.1 Å². The van der Waals surface area contributed by atoms with Crippen molar-refractivity contribution in [3.8, 4) is 11.4 Å². The second-order valence-electron chi connectivity index (χ2n) is 7.23. The number of halogens is 1. The summed E-state index contributed by atoms with van der Waals surface area (Å²) in [6.07, 6.45) is 0. The smallest absolute Gasteiger partial charge is 0.329 e. The van der Waals surface area contributed by atoms with Gasteiger partial charge < -0.3 is 9.84 Å². The summed E-state index contributed by atoms with van der Waals surface area (Å²) in [4.78, 5) is 29.9. The van der Waals surface area contributed by atoms with Gasteiger partial charge in [-0.3, -0.25) is 13.9 Å². The fourth-order valence-electron chi connectivity index (χ4n) is 3.40. The van der Waals surface area contributed by atoms with Crippen LogP contribution in [0.3, 0.4) is 0 Å². The van der Waals surface area contributed by atoms with E-state index in [0.29, 0.717) is 34.0 Å². The van der Waals surface area contributed by atoms with Gasteiger partial charge in [-0.2, -0.15) is 4.98 Å². The SMILES string of the molecule is Cc1nc(-c2ccc3c(c2)n(CC(=O)Nc2cccc(F)c2)c(=O)n3C(C)C)no1. The highest BCUT2D eigenvalue weighted by Crippen LogP contribution is 2.24. The molecule has 30 heavy (non-hydrogen) atoms. The number of hydrogen-bond acceptors (Lipinski definition) is 5. The van der Waals surface area contributed by atoms with Gasteiger partial charge in [-0.15, -0.1) is 0 Å². The van der Waals surface area contributed by atoms with E-state index < -0.39 is 11.7 Å². The maximum Gasteiger partial charge on any atom is 0.329 e. The van der Waals surface area contributed by atoms with Crippen molar-refractivity contribution >= 4 is 22.6 Å². The molecule has 154 valence electrons. The van der Waals surface area contributed by atoms with Crippen LogP contribution < -0.4 is 11.0 Å². The molecule has 0 saturated heterocycles. The van der Waals surface area contributed by atoms with E-state index in [9.17, 15) is 14.0 Å². The molecule has 4 rings (SSSR count). The van der Waals surface area contributed by atoms with E-state index >= 15 is 0 Å². The van der Waals surface area contributed by atoms with E-state index in [0.717, 1.165) is 0 Å². The van der Waals surface area contributed by atoms with Gasteiger partial charge in [0.2, 0.25) is 17.6 Å². The Morgan fingerprint density at radius 3 is 2.67 bits per heavy atom. The van der Waals surface area contributed by atoms with Gasteiger partial charge in [0.15, 0.2) is 0 Å². The summed E-state index contributed by atoms with van der Waals surface area (Å²) in [5.41, 5.74) is 1.94. The first-order valence-electron chi connectivity index (χ1n) is 9.44. The number of anilines is 1. The van der Waals surface area contributed by atoms with Gasteiger partial charge in [0.05, 0.1) is 11.0 Å². The van der Waals surface area contributed by atoms with Crippen LogP contribution in [0.5, 0.6) is 0 Å². The Balaban J connectivity index is 1.76. The Labute approximate surface area is 170 Å². The van der Waals surface area contributed by atoms with Crippen molar-refractivity contribution in [2.24, 2.45) is 0 Å². The molecule has 0 fully saturated rings. The second-order valence-corrected chi connectivity index (χ2v) is 7.23. The molecular weight excluding hydrogens is 389 g/mol. The average Bonchev–Trinajstić information content (AvgIpc) is 3.23. The topological polar surface area (TPSA) is 95.0 Å². The molecule has 0 saturated carbocycles. The monoisotopic (exact) mass is 409 g/mol. The zero-order chi connectivity index (χ0) is 21.4. The summed E-state index contributed by atoms with van der Waals surface area (Å²) in [6, 6.07) is 10.9. The first kappa shape index (κ1) is 19.6. The summed E-state index contributed by atoms with van der Waals surface area (Å²) < 4.78 is 21.4. The number of aryl methyl sites for hydroxylation is 1. The van der Waals surface area contributed by atoms with Crippen molar-refractivity contribution in [1.82, 2.24) is 19.3 Å². The van der Waals surface area contributed by atoms with Gasteiger partial charge in [0, 0.05) is 24.2 Å². The van der Waals surface area contributed by atoms with E-state index in [1.165, 1.54) is 22.8 Å². The van der Waals surface area contributed by atoms with Crippen molar-refractivity contribution in [2.75, 3.05) is 5.32 Å². The normalized spacial score (nSPS) is 11.4. The fourth-order valence-corrected chi connectivity index (χ4v) is 3.40. The van der Waals surface area contributed by atoms with Gasteiger partial charge in [-0.25, -0.2) is 9.18 Å². The molecule has 2 aromatic heterocycles. The lowest BCUT2D eigenvalue weighted by molar-refractivity contribution is -0.116. The van der Waals surface area contributed by atoms with E-state index in [1.807, 2.05) is 19.9 Å². The zero-order valence-electron chi connectivity index (χ0n) is 16.7. The molecule has 0 aliphatic rings. The molecule has 0 unspecified atom stereocenters. The van der Waals surface area contributed by atoms with Crippen LogP contribution in [0.1, 0.15) is 25.8 Å². The van der Waals surface area contributed by atoms with Gasteiger partial charge >= 0.3 is 5.69 Å². The summed E-state index contributed by atoms with van der Waals surface area (Å²) in [7, 11) is 0. The molecule has 0 radical (unpaired) electrons. The minimum absolute atomic E-state index is 0.106. The molecule has 1 amide bonds. The standard InChI is InChI=1S/C21H20FN5O3/c1-12(2)27-17-8-7-14(20-23-13(3)30-25-20)9-18(17)26(21(27)29)11-19(28)24-16-6-4-5-15(22)10-16/h4-10,12H,11H2,1-3H3,(H,24,28). The first-order chi connectivity index (χ1) is 14.3. The van der Waals surface area contributed by atoms with Crippen LogP contribution in [-0.2, 0) is 11.3 Å². The summed E-state index contributed by atoms with van der Waals surface area (Å²) in [6.45, 7) is 5.26. The Morgan fingerprint density at radius 1 is 1.20 bits per heavy atom. The minimum Gasteiger partial charge on any atom is -0.339 e. The highest BCUT2D eigenvalue weighted by atomic mass is 19.1. The second kappa shape index (κ2) is 7.58. The molecule has 8 nitrogen and oxygen atoms in total. The van der Waals surface area contributed by atoms with Crippen molar-refractivity contribution < 1.29 is 13.7 Å². The third-order valence-electron chi connectivity index (χ3n) is 4.67. The van der Waals surface area contributed by atoms with Crippen molar-refractivity contribution in [1.29, 1.82) is 0 Å². The van der Waals surface area contributed by atoms with Gasteiger partial charge in [0.1, 0.15) is 12.4 Å². The van der Waals surface area contributed by atoms with E-state index in [4.69, 9.17) is 4.52 Å². The molecular formula is C21H20FN5O3. The van der Waals surface area contributed by atoms with Gasteiger partial charge in [0.25, 0.3) is 0 Å². The van der Waals surface area contributed by atoms with Crippen LogP contribution in [0.2, 0.25) is 0 Å². The lowest BCUT2D eigenvalue weighted by Crippen LogP contribution is -2.30. The fraction of sp³-hybridized carbons (Fsp3) is 0.238. The highest BCUT2D eigenvalue weighted by Gasteiger charge is 2.19. The van der Waals surface area contributed by atoms with Crippen LogP contribution in [0.25, 0.3) is 22.4 Å². The van der Waals surface area contributed by atoms with Crippen LogP contribution in [-0.4, -0.2) is 25.2 Å². The lowest BCUT2D eigenvalue weighted by atomic mass is 10.2. The Kier molecular flexibility index (Phi) is 4.94.